The molecule has 1 heterocycles. The van der Waals surface area contributed by atoms with E-state index in [1.165, 1.54) is 25.7 Å². The highest BCUT2D eigenvalue weighted by molar-refractivity contribution is 7.59. The van der Waals surface area contributed by atoms with Crippen LogP contribution in [0.1, 0.15) is 37.7 Å². The molecule has 3 rings (SSSR count). The smallest absolute Gasteiger partial charge is 0.307 e. The molecule has 140 valence electrons. The second-order valence-corrected chi connectivity index (χ2v) is 7.03. The second-order valence-electron chi connectivity index (χ2n) is 7.03. The summed E-state index contributed by atoms with van der Waals surface area (Å²) in [6.07, 6.45) is 5.53. The van der Waals surface area contributed by atoms with Gasteiger partial charge in [0.15, 0.2) is 0 Å². The van der Waals surface area contributed by atoms with E-state index in [1.54, 1.807) is 0 Å². The maximum atomic E-state index is 12.6. The molecular weight excluding hydrogens is 354 g/mol. The van der Waals surface area contributed by atoms with Crippen molar-refractivity contribution in [2.75, 3.05) is 13.1 Å². The van der Waals surface area contributed by atoms with Crippen LogP contribution in [0.3, 0.4) is 0 Å². The molecule has 1 saturated heterocycles. The number of carboxylic acids is 1. The van der Waals surface area contributed by atoms with E-state index in [9.17, 15) is 14.7 Å². The molecular formula is C19H29NO3S2. The van der Waals surface area contributed by atoms with Gasteiger partial charge < -0.3 is 10.0 Å². The molecule has 25 heavy (non-hydrogen) atoms. The number of carbonyl (C=O) groups excluding carboxylic acids is 1. The number of likely N-dealkylation sites (tertiary alicyclic amines) is 1. The Hall–Kier alpha value is -1.14. The van der Waals surface area contributed by atoms with Crippen molar-refractivity contribution in [3.8, 4) is 0 Å². The minimum atomic E-state index is -0.876. The van der Waals surface area contributed by atoms with Gasteiger partial charge in [-0.2, -0.15) is 27.0 Å². The van der Waals surface area contributed by atoms with Crippen LogP contribution in [0.5, 0.6) is 0 Å². The van der Waals surface area contributed by atoms with Crippen LogP contribution in [0.2, 0.25) is 0 Å². The van der Waals surface area contributed by atoms with E-state index in [0.717, 1.165) is 18.7 Å². The fraction of sp³-hybridized carbons (Fsp3) is 0.579. The fourth-order valence-corrected chi connectivity index (χ4v) is 4.09. The Morgan fingerprint density at radius 3 is 2.12 bits per heavy atom. The maximum absolute atomic E-state index is 12.6. The minimum absolute atomic E-state index is 0. The highest BCUT2D eigenvalue weighted by atomic mass is 32.1. The third-order valence-corrected chi connectivity index (χ3v) is 5.42. The van der Waals surface area contributed by atoms with Crippen molar-refractivity contribution in [2.45, 2.75) is 38.5 Å². The summed E-state index contributed by atoms with van der Waals surface area (Å²) in [6, 6.07) is 9.56. The number of benzene rings is 1. The first kappa shape index (κ1) is 21.9. The molecule has 1 saturated carbocycles. The van der Waals surface area contributed by atoms with Crippen LogP contribution in [-0.4, -0.2) is 35.0 Å². The van der Waals surface area contributed by atoms with Crippen LogP contribution in [0.15, 0.2) is 30.3 Å². The molecule has 1 N–H and O–H groups in total. The standard InChI is InChI=1S/C19H25NO3.2H2S/c21-18(20-12-15-8-4-5-9-16(15)13-20)11-17(19(22)23)10-14-6-2-1-3-7-14;;/h1-3,6-7,15-17H,4-5,8-13H2,(H,22,23);2*1H2/t15-,16+,17-;;/m0../s1. The van der Waals surface area contributed by atoms with Gasteiger partial charge in [0.25, 0.3) is 0 Å². The van der Waals surface area contributed by atoms with Crippen molar-refractivity contribution in [1.82, 2.24) is 4.90 Å². The number of carboxylic acid groups (broad SMARTS) is 1. The van der Waals surface area contributed by atoms with Crippen molar-refractivity contribution in [2.24, 2.45) is 17.8 Å². The van der Waals surface area contributed by atoms with Crippen molar-refractivity contribution in [3.05, 3.63) is 35.9 Å². The average molecular weight is 384 g/mol. The number of rotatable bonds is 5. The second kappa shape index (κ2) is 10.1. The first-order chi connectivity index (χ1) is 11.1. The number of amides is 1. The molecule has 1 aliphatic carbocycles. The number of aliphatic carboxylic acids is 1. The van der Waals surface area contributed by atoms with Crippen LogP contribution in [0, 0.1) is 17.8 Å². The zero-order chi connectivity index (χ0) is 16.2. The summed E-state index contributed by atoms with van der Waals surface area (Å²) in [5.41, 5.74) is 0.975. The number of fused-ring (bicyclic) bond motifs is 1. The van der Waals surface area contributed by atoms with Crippen molar-refractivity contribution in [3.63, 3.8) is 0 Å². The monoisotopic (exact) mass is 383 g/mol. The van der Waals surface area contributed by atoms with Crippen molar-refractivity contribution in [1.29, 1.82) is 0 Å². The first-order valence-electron chi connectivity index (χ1n) is 8.68. The van der Waals surface area contributed by atoms with E-state index in [1.807, 2.05) is 35.2 Å². The molecule has 0 spiro atoms. The summed E-state index contributed by atoms with van der Waals surface area (Å²) in [5, 5.41) is 9.46. The molecule has 2 fully saturated rings. The highest BCUT2D eigenvalue weighted by Crippen LogP contribution is 2.36. The molecule has 4 nitrogen and oxygen atoms in total. The molecule has 6 heteroatoms. The Bertz CT molecular complexity index is 553. The van der Waals surface area contributed by atoms with E-state index >= 15 is 0 Å². The van der Waals surface area contributed by atoms with E-state index in [2.05, 4.69) is 0 Å². The molecule has 1 amide bonds. The quantitative estimate of drug-likeness (QED) is 0.849. The lowest BCUT2D eigenvalue weighted by Crippen LogP contribution is -2.33. The zero-order valence-corrected chi connectivity index (χ0v) is 16.5. The molecule has 0 bridgehead atoms. The first-order valence-corrected chi connectivity index (χ1v) is 8.68. The Kier molecular flexibility index (Phi) is 8.86. The Morgan fingerprint density at radius 1 is 1.04 bits per heavy atom. The Balaban J connectivity index is 0.00000156. The van der Waals surface area contributed by atoms with Gasteiger partial charge in [-0.3, -0.25) is 9.59 Å². The minimum Gasteiger partial charge on any atom is -0.481 e. The summed E-state index contributed by atoms with van der Waals surface area (Å²) >= 11 is 0. The molecule has 0 aromatic heterocycles. The Labute approximate surface area is 163 Å². The predicted molar refractivity (Wildman–Crippen MR) is 109 cm³/mol. The molecule has 0 unspecified atom stereocenters. The van der Waals surface area contributed by atoms with Crippen molar-refractivity contribution >= 4 is 38.9 Å². The van der Waals surface area contributed by atoms with Gasteiger partial charge in [-0.05, 0) is 36.7 Å². The summed E-state index contributed by atoms with van der Waals surface area (Å²) in [6.45, 7) is 1.67. The van der Waals surface area contributed by atoms with Gasteiger partial charge >= 0.3 is 5.97 Å². The van der Waals surface area contributed by atoms with E-state index in [4.69, 9.17) is 0 Å². The number of hydrogen-bond acceptors (Lipinski definition) is 2. The summed E-state index contributed by atoms with van der Waals surface area (Å²) in [4.78, 5) is 26.0. The molecule has 2 aliphatic rings. The van der Waals surface area contributed by atoms with E-state index in [0.29, 0.717) is 18.3 Å². The Morgan fingerprint density at radius 2 is 1.60 bits per heavy atom. The summed E-state index contributed by atoms with van der Waals surface area (Å²) in [5.74, 6) is -0.204. The normalized spacial score (nSPS) is 23.0. The van der Waals surface area contributed by atoms with Crippen LogP contribution >= 0.6 is 27.0 Å². The highest BCUT2D eigenvalue weighted by Gasteiger charge is 2.37. The van der Waals surface area contributed by atoms with Crippen LogP contribution < -0.4 is 0 Å². The van der Waals surface area contributed by atoms with E-state index < -0.39 is 11.9 Å². The lowest BCUT2D eigenvalue weighted by atomic mass is 9.82. The molecule has 1 aromatic rings. The van der Waals surface area contributed by atoms with Crippen LogP contribution in [-0.2, 0) is 16.0 Å². The molecule has 3 atom stereocenters. The third-order valence-electron chi connectivity index (χ3n) is 5.42. The van der Waals surface area contributed by atoms with Crippen molar-refractivity contribution < 1.29 is 14.7 Å². The van der Waals surface area contributed by atoms with Gasteiger partial charge in [0.1, 0.15) is 0 Å². The zero-order valence-electron chi connectivity index (χ0n) is 14.5. The summed E-state index contributed by atoms with van der Waals surface area (Å²) in [7, 11) is 0. The maximum Gasteiger partial charge on any atom is 0.307 e. The predicted octanol–water partition coefficient (Wildman–Crippen LogP) is 3.19. The van der Waals surface area contributed by atoms with Gasteiger partial charge in [0.2, 0.25) is 5.91 Å². The SMILES string of the molecule is O=C(O)[C@H](CC(=O)N1C[C@H]2CCCC[C@H]2C1)Cc1ccccc1.S.S. The van der Waals surface area contributed by atoms with Gasteiger partial charge in [-0.15, -0.1) is 0 Å². The van der Waals surface area contributed by atoms with Gasteiger partial charge in [-0.25, -0.2) is 0 Å². The number of carbonyl (C=O) groups is 2. The molecule has 1 aromatic carbocycles. The lowest BCUT2D eigenvalue weighted by molar-refractivity contribution is -0.145. The number of hydrogen-bond donors (Lipinski definition) is 1. The fourth-order valence-electron chi connectivity index (χ4n) is 4.09. The third kappa shape index (κ3) is 5.68. The topological polar surface area (TPSA) is 57.6 Å². The summed E-state index contributed by atoms with van der Waals surface area (Å²) < 4.78 is 0. The largest absolute Gasteiger partial charge is 0.481 e. The molecule has 1 aliphatic heterocycles. The molecule has 0 radical (unpaired) electrons. The van der Waals surface area contributed by atoms with Crippen LogP contribution in [0.25, 0.3) is 0 Å². The average Bonchev–Trinajstić information content (AvgIpc) is 2.99. The van der Waals surface area contributed by atoms with Gasteiger partial charge in [-0.1, -0.05) is 43.2 Å². The van der Waals surface area contributed by atoms with Gasteiger partial charge in [0.05, 0.1) is 5.92 Å². The van der Waals surface area contributed by atoms with Gasteiger partial charge in [0, 0.05) is 19.5 Å². The number of nitrogens with zero attached hydrogens (tertiary/aromatic N) is 1. The van der Waals surface area contributed by atoms with E-state index in [-0.39, 0.29) is 39.3 Å². The van der Waals surface area contributed by atoms with Crippen LogP contribution in [0.4, 0.5) is 0 Å². The lowest BCUT2D eigenvalue weighted by Gasteiger charge is -2.22.